The van der Waals surface area contributed by atoms with Crippen LogP contribution in [-0.2, 0) is 0 Å². The quantitative estimate of drug-likeness (QED) is 0.498. The molecule has 0 aromatic heterocycles. The van der Waals surface area contributed by atoms with Gasteiger partial charge in [-0.3, -0.25) is 4.99 Å². The maximum Gasteiger partial charge on any atom is 0.0841 e. The van der Waals surface area contributed by atoms with Gasteiger partial charge in [-0.2, -0.15) is 0 Å². The molecule has 0 amide bonds. The largest absolute Gasteiger partial charge is 0.274 e. The highest BCUT2D eigenvalue weighted by molar-refractivity contribution is 5.53. The number of hydrogen-bond acceptors (Lipinski definition) is 1. The molecule has 1 nitrogen and oxygen atoms in total. The van der Waals surface area contributed by atoms with E-state index in [4.69, 9.17) is 0 Å². The molecular formula is C10H8N. The van der Waals surface area contributed by atoms with Crippen molar-refractivity contribution in [2.75, 3.05) is 0 Å². The van der Waals surface area contributed by atoms with Crippen molar-refractivity contribution in [3.05, 3.63) is 41.3 Å². The zero-order valence-electron chi connectivity index (χ0n) is 6.12. The first kappa shape index (κ1) is 5.53. The van der Waals surface area contributed by atoms with Crippen molar-refractivity contribution in [2.24, 2.45) is 4.99 Å². The maximum atomic E-state index is 4.58. The number of rotatable bonds is 0. The van der Waals surface area contributed by atoms with E-state index < -0.39 is 0 Å². The molecule has 11 heavy (non-hydrogen) atoms. The third-order valence-electron chi connectivity index (χ3n) is 2.29. The Balaban J connectivity index is 2.42. The lowest BCUT2D eigenvalue weighted by Gasteiger charge is -1.91. The fourth-order valence-electron chi connectivity index (χ4n) is 1.55. The Morgan fingerprint density at radius 1 is 1.27 bits per heavy atom. The maximum absolute atomic E-state index is 4.58. The van der Waals surface area contributed by atoms with Gasteiger partial charge < -0.3 is 0 Å². The van der Waals surface area contributed by atoms with Crippen LogP contribution in [0.15, 0.2) is 29.3 Å². The summed E-state index contributed by atoms with van der Waals surface area (Å²) in [6.07, 6.45) is 5.62. The molecule has 0 saturated heterocycles. The van der Waals surface area contributed by atoms with E-state index in [0.29, 0.717) is 0 Å². The van der Waals surface area contributed by atoms with Crippen LogP contribution in [0.2, 0.25) is 0 Å². The fourth-order valence-corrected chi connectivity index (χ4v) is 1.55. The number of fused-ring (bicyclic) bond motifs is 1. The summed E-state index contributed by atoms with van der Waals surface area (Å²) in [6, 6.07) is 8.30. The lowest BCUT2D eigenvalue weighted by molar-refractivity contribution is 0.921. The Kier molecular flexibility index (Phi) is 0.780. The molecule has 1 heteroatoms. The molecule has 1 atom stereocenters. The van der Waals surface area contributed by atoms with Crippen molar-refractivity contribution in [1.29, 1.82) is 0 Å². The molecule has 1 unspecified atom stereocenters. The predicted octanol–water partition coefficient (Wildman–Crippen LogP) is 0.447. The van der Waals surface area contributed by atoms with Crippen LogP contribution in [0.25, 0.3) is 6.08 Å². The number of benzene rings is 1. The second kappa shape index (κ2) is 1.55. The molecule has 1 fully saturated rings. The first-order valence-corrected chi connectivity index (χ1v) is 3.90. The molecule has 1 heterocycles. The van der Waals surface area contributed by atoms with Crippen molar-refractivity contribution in [2.45, 2.75) is 12.0 Å². The summed E-state index contributed by atoms with van der Waals surface area (Å²) in [7, 11) is 0. The summed E-state index contributed by atoms with van der Waals surface area (Å²) in [5.41, 5.74) is 0.129. The van der Waals surface area contributed by atoms with Crippen LogP contribution in [0.5, 0.6) is 0 Å². The van der Waals surface area contributed by atoms with Gasteiger partial charge in [-0.15, -0.1) is 0 Å². The molecule has 53 valence electrons. The molecule has 1 aliphatic carbocycles. The molecule has 1 aromatic carbocycles. The van der Waals surface area contributed by atoms with Gasteiger partial charge in [0.2, 0.25) is 0 Å². The molecular weight excluding hydrogens is 134 g/mol. The highest BCUT2D eigenvalue weighted by Gasteiger charge is 2.42. The molecule has 1 radical (unpaired) electrons. The lowest BCUT2D eigenvalue weighted by atomic mass is 10.2. The Hall–Kier alpha value is -1.11. The first-order valence-electron chi connectivity index (χ1n) is 3.90. The van der Waals surface area contributed by atoms with E-state index in [1.807, 2.05) is 6.07 Å². The average Bonchev–Trinajstić information content (AvgIpc) is 2.66. The van der Waals surface area contributed by atoms with Crippen molar-refractivity contribution >= 4 is 6.08 Å². The molecule has 0 N–H and O–H groups in total. The summed E-state index contributed by atoms with van der Waals surface area (Å²) in [5, 5.41) is 2.45. The summed E-state index contributed by atoms with van der Waals surface area (Å²) in [6.45, 7) is 0. The van der Waals surface area contributed by atoms with E-state index in [9.17, 15) is 0 Å². The molecule has 1 spiro atoms. The summed E-state index contributed by atoms with van der Waals surface area (Å²) in [4.78, 5) is 4.58. The summed E-state index contributed by atoms with van der Waals surface area (Å²) >= 11 is 0. The van der Waals surface area contributed by atoms with E-state index in [0.717, 1.165) is 11.8 Å². The van der Waals surface area contributed by atoms with Crippen molar-refractivity contribution in [3.8, 4) is 0 Å². The van der Waals surface area contributed by atoms with Crippen molar-refractivity contribution in [3.63, 3.8) is 0 Å². The molecule has 1 saturated carbocycles. The van der Waals surface area contributed by atoms with Crippen LogP contribution < -0.4 is 10.6 Å². The van der Waals surface area contributed by atoms with E-state index in [2.05, 4.69) is 35.7 Å². The highest BCUT2D eigenvalue weighted by atomic mass is 14.9. The van der Waals surface area contributed by atoms with Gasteiger partial charge in [0.1, 0.15) is 0 Å². The third-order valence-corrected chi connectivity index (χ3v) is 2.29. The van der Waals surface area contributed by atoms with E-state index >= 15 is 0 Å². The number of hydrogen-bond donors (Lipinski definition) is 0. The minimum absolute atomic E-state index is 0.129. The van der Waals surface area contributed by atoms with Crippen molar-refractivity contribution in [1.82, 2.24) is 0 Å². The van der Waals surface area contributed by atoms with Crippen LogP contribution in [0.4, 0.5) is 0 Å². The lowest BCUT2D eigenvalue weighted by Crippen LogP contribution is -2.19. The minimum atomic E-state index is 0.129. The van der Waals surface area contributed by atoms with Crippen LogP contribution in [0.1, 0.15) is 6.42 Å². The molecule has 1 aromatic rings. The van der Waals surface area contributed by atoms with Crippen LogP contribution in [-0.4, -0.2) is 5.54 Å². The Morgan fingerprint density at radius 2 is 2.09 bits per heavy atom. The van der Waals surface area contributed by atoms with Crippen LogP contribution in [0.3, 0.4) is 0 Å². The Labute approximate surface area is 65.1 Å². The van der Waals surface area contributed by atoms with E-state index in [1.54, 1.807) is 0 Å². The summed E-state index contributed by atoms with van der Waals surface area (Å²) in [5.74, 6) is 0. The standard InChI is InChI=1S/C10H8N/c1-2-4-9-8(3-1)7-10(11-9)5-6-10/h1-5,7H,6H2. The average molecular weight is 142 g/mol. The normalized spacial score (nSPS) is 22.2. The van der Waals surface area contributed by atoms with Crippen molar-refractivity contribution < 1.29 is 0 Å². The van der Waals surface area contributed by atoms with Gasteiger partial charge in [0.05, 0.1) is 10.9 Å². The van der Waals surface area contributed by atoms with Gasteiger partial charge in [0.15, 0.2) is 0 Å². The van der Waals surface area contributed by atoms with Gasteiger partial charge in [0, 0.05) is 0 Å². The van der Waals surface area contributed by atoms with Gasteiger partial charge in [-0.25, -0.2) is 0 Å². The topological polar surface area (TPSA) is 12.4 Å². The first-order chi connectivity index (χ1) is 5.38. The SMILES string of the molecule is [CH]1CC12C=c1ccccc1=N2. The third kappa shape index (κ3) is 0.681. The van der Waals surface area contributed by atoms with E-state index in [1.165, 1.54) is 5.22 Å². The molecule has 2 aliphatic rings. The van der Waals surface area contributed by atoms with Gasteiger partial charge in [0.25, 0.3) is 0 Å². The monoisotopic (exact) mass is 142 g/mol. The Bertz CT molecular complexity index is 376. The van der Waals surface area contributed by atoms with Gasteiger partial charge >= 0.3 is 0 Å². The minimum Gasteiger partial charge on any atom is -0.274 e. The zero-order valence-corrected chi connectivity index (χ0v) is 6.12. The Morgan fingerprint density at radius 3 is 2.82 bits per heavy atom. The zero-order chi connectivity index (χ0) is 7.31. The number of para-hydroxylation sites is 1. The van der Waals surface area contributed by atoms with E-state index in [-0.39, 0.29) is 5.54 Å². The second-order valence-electron chi connectivity index (χ2n) is 3.21. The highest BCUT2D eigenvalue weighted by Crippen LogP contribution is 2.40. The molecule has 1 aliphatic heterocycles. The number of nitrogens with zero attached hydrogens (tertiary/aromatic N) is 1. The van der Waals surface area contributed by atoms with Gasteiger partial charge in [-0.1, -0.05) is 18.2 Å². The molecule has 3 rings (SSSR count). The molecule has 0 bridgehead atoms. The summed E-state index contributed by atoms with van der Waals surface area (Å²) < 4.78 is 0. The van der Waals surface area contributed by atoms with Gasteiger partial charge in [-0.05, 0) is 30.2 Å². The second-order valence-corrected chi connectivity index (χ2v) is 3.21. The van der Waals surface area contributed by atoms with Crippen LogP contribution >= 0.6 is 0 Å². The van der Waals surface area contributed by atoms with Crippen LogP contribution in [0, 0.1) is 6.42 Å². The smallest absolute Gasteiger partial charge is 0.0841 e. The fraction of sp³-hybridized carbons (Fsp3) is 0.200. The predicted molar refractivity (Wildman–Crippen MR) is 43.3 cm³/mol.